The van der Waals surface area contributed by atoms with Gasteiger partial charge in [0.1, 0.15) is 11.9 Å². The van der Waals surface area contributed by atoms with Crippen molar-refractivity contribution in [3.05, 3.63) is 65.0 Å². The molecule has 30 heavy (non-hydrogen) atoms. The highest BCUT2D eigenvalue weighted by molar-refractivity contribution is 7.89. The predicted molar refractivity (Wildman–Crippen MR) is 112 cm³/mol. The molecule has 1 saturated carbocycles. The van der Waals surface area contributed by atoms with Crippen molar-refractivity contribution in [3.8, 4) is 11.8 Å². The number of carboxylic acids is 1. The van der Waals surface area contributed by atoms with E-state index >= 15 is 0 Å². The van der Waals surface area contributed by atoms with E-state index < -0.39 is 27.9 Å². The van der Waals surface area contributed by atoms with Gasteiger partial charge in [-0.3, -0.25) is 4.79 Å². The third-order valence-corrected chi connectivity index (χ3v) is 6.40. The van der Waals surface area contributed by atoms with Crippen molar-refractivity contribution in [1.29, 1.82) is 0 Å². The summed E-state index contributed by atoms with van der Waals surface area (Å²) in [6, 6.07) is 9.14. The average Bonchev–Trinajstić information content (AvgIpc) is 3.51. The molecule has 2 N–H and O–H groups in total. The molecule has 1 aliphatic rings. The Morgan fingerprint density at radius 3 is 2.40 bits per heavy atom. The summed E-state index contributed by atoms with van der Waals surface area (Å²) in [5.41, 5.74) is 1.60. The van der Waals surface area contributed by atoms with Gasteiger partial charge in [0, 0.05) is 5.92 Å². The van der Waals surface area contributed by atoms with Gasteiger partial charge < -0.3 is 5.11 Å². The van der Waals surface area contributed by atoms with Crippen LogP contribution in [-0.2, 0) is 21.2 Å². The fourth-order valence-electron chi connectivity index (χ4n) is 2.90. The maximum atomic E-state index is 14.3. The summed E-state index contributed by atoms with van der Waals surface area (Å²) in [6.45, 7) is 3.98. The van der Waals surface area contributed by atoms with Crippen molar-refractivity contribution in [2.75, 3.05) is 0 Å². The van der Waals surface area contributed by atoms with Crippen molar-refractivity contribution in [2.45, 2.75) is 50.0 Å². The van der Waals surface area contributed by atoms with E-state index in [1.165, 1.54) is 24.3 Å². The molecule has 0 aromatic heterocycles. The van der Waals surface area contributed by atoms with E-state index in [0.29, 0.717) is 11.5 Å². The Bertz CT molecular complexity index is 1090. The van der Waals surface area contributed by atoms with Crippen LogP contribution < -0.4 is 4.72 Å². The fourth-order valence-corrected chi connectivity index (χ4v) is 4.09. The summed E-state index contributed by atoms with van der Waals surface area (Å²) >= 11 is 0. The highest BCUT2D eigenvalue weighted by Crippen LogP contribution is 2.27. The number of sulfonamides is 1. The second-order valence-corrected chi connectivity index (χ2v) is 9.51. The van der Waals surface area contributed by atoms with Crippen LogP contribution in [-0.4, -0.2) is 25.5 Å². The lowest BCUT2D eigenvalue weighted by Gasteiger charge is -2.16. The first-order chi connectivity index (χ1) is 14.2. The van der Waals surface area contributed by atoms with Gasteiger partial charge in [0.15, 0.2) is 0 Å². The topological polar surface area (TPSA) is 83.5 Å². The zero-order valence-electron chi connectivity index (χ0n) is 16.9. The van der Waals surface area contributed by atoms with Gasteiger partial charge in [0.2, 0.25) is 10.0 Å². The molecule has 158 valence electrons. The van der Waals surface area contributed by atoms with Crippen LogP contribution in [0.5, 0.6) is 0 Å². The lowest BCUT2D eigenvalue weighted by atomic mass is 10.0. The fraction of sp³-hybridized carbons (Fsp3) is 0.348. The molecule has 0 heterocycles. The molecule has 0 radical (unpaired) electrons. The van der Waals surface area contributed by atoms with Crippen molar-refractivity contribution in [3.63, 3.8) is 0 Å². The number of carboxylic acid groups (broad SMARTS) is 1. The van der Waals surface area contributed by atoms with E-state index in [2.05, 4.69) is 16.6 Å². The number of hydrogen-bond acceptors (Lipinski definition) is 3. The van der Waals surface area contributed by atoms with Gasteiger partial charge in [-0.2, -0.15) is 4.72 Å². The van der Waals surface area contributed by atoms with Gasteiger partial charge in [-0.25, -0.2) is 12.8 Å². The molecule has 1 unspecified atom stereocenters. The van der Waals surface area contributed by atoms with Crippen molar-refractivity contribution >= 4 is 16.0 Å². The van der Waals surface area contributed by atoms with E-state index in [9.17, 15) is 22.7 Å². The summed E-state index contributed by atoms with van der Waals surface area (Å²) in [7, 11) is -4.04. The summed E-state index contributed by atoms with van der Waals surface area (Å²) in [6.07, 6.45) is 1.88. The molecule has 7 heteroatoms. The van der Waals surface area contributed by atoms with Gasteiger partial charge in [-0.05, 0) is 60.6 Å². The first-order valence-electron chi connectivity index (χ1n) is 9.81. The largest absolute Gasteiger partial charge is 0.480 e. The Kier molecular flexibility index (Phi) is 6.59. The van der Waals surface area contributed by atoms with Crippen LogP contribution in [0.2, 0.25) is 0 Å². The second-order valence-electron chi connectivity index (χ2n) is 7.80. The van der Waals surface area contributed by atoms with Crippen LogP contribution in [0.4, 0.5) is 4.39 Å². The lowest BCUT2D eigenvalue weighted by molar-refractivity contribution is -0.138. The third kappa shape index (κ3) is 5.68. The highest BCUT2D eigenvalue weighted by atomic mass is 32.2. The van der Waals surface area contributed by atoms with Crippen molar-refractivity contribution in [2.24, 2.45) is 5.92 Å². The zero-order valence-corrected chi connectivity index (χ0v) is 17.7. The molecular formula is C23H24FNO4S. The highest BCUT2D eigenvalue weighted by Gasteiger charge is 2.26. The number of aliphatic carboxylic acids is 1. The molecule has 2 aromatic rings. The van der Waals surface area contributed by atoms with Gasteiger partial charge in [-0.1, -0.05) is 43.9 Å². The Hall–Kier alpha value is -2.69. The zero-order chi connectivity index (χ0) is 21.9. The van der Waals surface area contributed by atoms with E-state index in [0.717, 1.165) is 18.4 Å². The van der Waals surface area contributed by atoms with Crippen LogP contribution in [0.25, 0.3) is 0 Å². The molecule has 0 amide bonds. The van der Waals surface area contributed by atoms with Crippen molar-refractivity contribution < 1.29 is 22.7 Å². The predicted octanol–water partition coefficient (Wildman–Crippen LogP) is 3.68. The molecule has 0 bridgehead atoms. The van der Waals surface area contributed by atoms with Crippen LogP contribution in [0.3, 0.4) is 0 Å². The van der Waals surface area contributed by atoms with E-state index in [1.807, 2.05) is 13.8 Å². The molecule has 1 aliphatic carbocycles. The number of nitrogens with one attached hydrogen (secondary N) is 1. The second kappa shape index (κ2) is 8.99. The monoisotopic (exact) mass is 429 g/mol. The van der Waals surface area contributed by atoms with Gasteiger partial charge >= 0.3 is 5.97 Å². The van der Waals surface area contributed by atoms with Crippen LogP contribution in [0, 0.1) is 23.6 Å². The number of rotatable bonds is 7. The van der Waals surface area contributed by atoms with Crippen molar-refractivity contribution in [1.82, 2.24) is 4.72 Å². The van der Waals surface area contributed by atoms with E-state index in [1.54, 1.807) is 18.2 Å². The minimum Gasteiger partial charge on any atom is -0.480 e. The number of hydrogen-bond donors (Lipinski definition) is 2. The summed E-state index contributed by atoms with van der Waals surface area (Å²) in [4.78, 5) is 11.6. The van der Waals surface area contributed by atoms with Crippen LogP contribution >= 0.6 is 0 Å². The standard InChI is InChI=1S/C23H24FNO4S/c1-15(2)18-9-11-20(12-10-18)30(28,29)25-22(23(26)27)14-17-6-8-19(21(24)13-17)7-5-16-3-4-16/h6,8-13,15-16,22,25H,3-4,14H2,1-2H3,(H,26,27). The molecule has 5 nitrogen and oxygen atoms in total. The maximum absolute atomic E-state index is 14.3. The van der Waals surface area contributed by atoms with Crippen LogP contribution in [0.1, 0.15) is 49.3 Å². The molecule has 0 saturated heterocycles. The first-order valence-corrected chi connectivity index (χ1v) is 11.3. The normalized spacial score (nSPS) is 14.8. The smallest absolute Gasteiger partial charge is 0.322 e. The molecule has 0 aliphatic heterocycles. The van der Waals surface area contributed by atoms with Gasteiger partial charge in [0.05, 0.1) is 10.5 Å². The van der Waals surface area contributed by atoms with E-state index in [-0.39, 0.29) is 22.8 Å². The molecule has 0 spiro atoms. The third-order valence-electron chi connectivity index (χ3n) is 4.91. The SMILES string of the molecule is CC(C)c1ccc(S(=O)(=O)NC(Cc2ccc(C#CC3CC3)c(F)c2)C(=O)O)cc1. The van der Waals surface area contributed by atoms with Crippen LogP contribution in [0.15, 0.2) is 47.4 Å². The van der Waals surface area contributed by atoms with E-state index in [4.69, 9.17) is 0 Å². The Labute approximate surface area is 176 Å². The average molecular weight is 430 g/mol. The first kappa shape index (κ1) is 22.0. The minimum atomic E-state index is -4.04. The Morgan fingerprint density at radius 2 is 1.87 bits per heavy atom. The molecule has 1 atom stereocenters. The Morgan fingerprint density at radius 1 is 1.20 bits per heavy atom. The van der Waals surface area contributed by atoms with Gasteiger partial charge in [0.25, 0.3) is 0 Å². The minimum absolute atomic E-state index is 0.0185. The summed E-state index contributed by atoms with van der Waals surface area (Å²) < 4.78 is 41.8. The number of halogens is 1. The number of benzene rings is 2. The maximum Gasteiger partial charge on any atom is 0.322 e. The number of carbonyl (C=O) groups is 1. The molecular weight excluding hydrogens is 405 g/mol. The summed E-state index contributed by atoms with van der Waals surface area (Å²) in [5.74, 6) is 4.47. The lowest BCUT2D eigenvalue weighted by Crippen LogP contribution is -2.42. The molecule has 2 aromatic carbocycles. The summed E-state index contributed by atoms with van der Waals surface area (Å²) in [5, 5.41) is 9.49. The molecule has 3 rings (SSSR count). The quantitative estimate of drug-likeness (QED) is 0.658. The Balaban J connectivity index is 1.75. The molecule has 1 fully saturated rings. The van der Waals surface area contributed by atoms with Gasteiger partial charge in [-0.15, -0.1) is 0 Å².